The maximum absolute atomic E-state index is 2.45. The molecule has 0 radical (unpaired) electrons. The molecule has 3 nitrogen and oxygen atoms in total. The van der Waals surface area contributed by atoms with Gasteiger partial charge in [0.1, 0.15) is 0 Å². The van der Waals surface area contributed by atoms with Crippen molar-refractivity contribution < 1.29 is 0 Å². The highest BCUT2D eigenvalue weighted by Gasteiger charge is 2.27. The normalized spacial score (nSPS) is 11.9. The molecule has 0 spiro atoms. The van der Waals surface area contributed by atoms with Crippen LogP contribution in [0, 0.1) is 0 Å². The van der Waals surface area contributed by atoms with E-state index in [2.05, 4.69) is 263 Å². The van der Waals surface area contributed by atoms with Crippen molar-refractivity contribution in [3.63, 3.8) is 0 Å². The molecule has 1 aliphatic rings. The summed E-state index contributed by atoms with van der Waals surface area (Å²) >= 11 is 1.85. The summed E-state index contributed by atoms with van der Waals surface area (Å²) in [6, 6.07) is 91.0. The lowest BCUT2D eigenvalue weighted by Crippen LogP contribution is -2.15. The number of nitrogens with zero attached hydrogens (tertiary/aromatic N) is 3. The number of benzene rings is 11. The van der Waals surface area contributed by atoms with Gasteiger partial charge < -0.3 is 14.7 Å². The first kappa shape index (κ1) is 38.1. The summed E-state index contributed by atoms with van der Waals surface area (Å²) in [4.78, 5) is 7.30. The van der Waals surface area contributed by atoms with Crippen LogP contribution in [-0.2, 0) is 0 Å². The summed E-state index contributed by atoms with van der Waals surface area (Å²) in [5.74, 6) is 0. The predicted octanol–water partition coefficient (Wildman–Crippen LogP) is 18.4. The van der Waals surface area contributed by atoms with Crippen LogP contribution in [0.15, 0.2) is 249 Å². The first-order valence-corrected chi connectivity index (χ1v) is 23.3. The van der Waals surface area contributed by atoms with Crippen LogP contribution in [0.5, 0.6) is 0 Å². The SMILES string of the molecule is c1ccc(N(c2cc(-c3ccc4c(c3)N(c3ccccc3)c3cccc5cccc-4c35)cc(N(c3ccccc3)c3cccc4ccccc34)c2)c2ccc3sc4ccccc4c3c2)cc1. The largest absolute Gasteiger partial charge is 0.310 e. The fourth-order valence-electron chi connectivity index (χ4n) is 10.1. The van der Waals surface area contributed by atoms with Crippen LogP contribution in [0.4, 0.5) is 51.2 Å². The van der Waals surface area contributed by atoms with E-state index in [4.69, 9.17) is 0 Å². The molecule has 11 aromatic carbocycles. The molecule has 1 aliphatic heterocycles. The van der Waals surface area contributed by atoms with Gasteiger partial charge in [-0.05, 0) is 125 Å². The van der Waals surface area contributed by atoms with Crippen LogP contribution < -0.4 is 14.7 Å². The van der Waals surface area contributed by atoms with Crippen molar-refractivity contribution in [1.82, 2.24) is 0 Å². The van der Waals surface area contributed by atoms with Crippen molar-refractivity contribution in [3.05, 3.63) is 249 Å². The average molecular weight is 860 g/mol. The predicted molar refractivity (Wildman–Crippen MR) is 283 cm³/mol. The number of thiophene rings is 1. The summed E-state index contributed by atoms with van der Waals surface area (Å²) in [6.45, 7) is 0. The van der Waals surface area contributed by atoms with E-state index in [0.717, 1.165) is 56.6 Å². The van der Waals surface area contributed by atoms with Crippen LogP contribution in [-0.4, -0.2) is 0 Å². The highest BCUT2D eigenvalue weighted by atomic mass is 32.1. The van der Waals surface area contributed by atoms with E-state index in [1.165, 1.54) is 58.5 Å². The van der Waals surface area contributed by atoms with Gasteiger partial charge in [0.15, 0.2) is 0 Å². The van der Waals surface area contributed by atoms with Gasteiger partial charge in [0, 0.05) is 70.6 Å². The van der Waals surface area contributed by atoms with Crippen LogP contribution in [0.2, 0.25) is 0 Å². The Kier molecular flexibility index (Phi) is 9.03. The summed E-state index contributed by atoms with van der Waals surface area (Å²) in [5.41, 5.74) is 14.7. The Morgan fingerprint density at radius 1 is 0.318 bits per heavy atom. The molecule has 2 heterocycles. The van der Waals surface area contributed by atoms with Gasteiger partial charge >= 0.3 is 0 Å². The Balaban J connectivity index is 1.09. The standard InChI is InChI=1S/C62H41N3S/c1-4-21-46(22-5-1)63(49-34-36-61-56(41-49)54-28-12-13-32-60(54)66-61)50-37-45(38-51(40-50)64(47-23-6-2-7-24-47)57-30-15-18-42-17-10-11-27-52(42)57)44-33-35-53-55-29-14-19-43-20-16-31-58(62(43)55)65(59(53)39-44)48-25-8-3-9-26-48/h1-41H. The van der Waals surface area contributed by atoms with Crippen molar-refractivity contribution in [1.29, 1.82) is 0 Å². The second-order valence-electron chi connectivity index (χ2n) is 16.9. The third kappa shape index (κ3) is 6.34. The van der Waals surface area contributed by atoms with Gasteiger partial charge in [-0.15, -0.1) is 11.3 Å². The van der Waals surface area contributed by atoms with Crippen LogP contribution in [0.3, 0.4) is 0 Å². The van der Waals surface area contributed by atoms with E-state index in [1.807, 2.05) is 11.3 Å². The molecule has 4 heteroatoms. The molecular weight excluding hydrogens is 819 g/mol. The minimum Gasteiger partial charge on any atom is -0.310 e. The maximum atomic E-state index is 2.45. The van der Waals surface area contributed by atoms with E-state index in [9.17, 15) is 0 Å². The first-order chi connectivity index (χ1) is 32.7. The maximum Gasteiger partial charge on any atom is 0.0546 e. The van der Waals surface area contributed by atoms with Crippen molar-refractivity contribution in [2.75, 3.05) is 14.7 Å². The first-order valence-electron chi connectivity index (χ1n) is 22.5. The van der Waals surface area contributed by atoms with Gasteiger partial charge in [0.25, 0.3) is 0 Å². The number of hydrogen-bond donors (Lipinski definition) is 0. The minimum atomic E-state index is 1.06. The summed E-state index contributed by atoms with van der Waals surface area (Å²) in [6.07, 6.45) is 0. The summed E-state index contributed by atoms with van der Waals surface area (Å²) < 4.78 is 2.58. The van der Waals surface area contributed by atoms with E-state index in [0.29, 0.717) is 0 Å². The van der Waals surface area contributed by atoms with Crippen molar-refractivity contribution in [3.8, 4) is 22.3 Å². The molecule has 1 aromatic heterocycles. The fourth-order valence-corrected chi connectivity index (χ4v) is 11.2. The molecular formula is C62H41N3S. The number of fused-ring (bicyclic) bond motifs is 6. The zero-order valence-corrected chi connectivity index (χ0v) is 36.7. The Morgan fingerprint density at radius 3 is 1.74 bits per heavy atom. The average Bonchev–Trinajstić information content (AvgIpc) is 3.76. The number of anilines is 9. The van der Waals surface area contributed by atoms with Crippen molar-refractivity contribution >= 4 is 104 Å². The number of para-hydroxylation sites is 3. The number of rotatable bonds is 8. The molecule has 0 fully saturated rings. The summed E-state index contributed by atoms with van der Waals surface area (Å²) in [5, 5.41) is 7.43. The van der Waals surface area contributed by atoms with Crippen molar-refractivity contribution in [2.45, 2.75) is 0 Å². The molecule has 0 saturated heterocycles. The van der Waals surface area contributed by atoms with Gasteiger partial charge in [-0.2, -0.15) is 0 Å². The molecule has 0 amide bonds. The molecule has 0 N–H and O–H groups in total. The van der Waals surface area contributed by atoms with Gasteiger partial charge in [-0.25, -0.2) is 0 Å². The second-order valence-corrected chi connectivity index (χ2v) is 18.0. The smallest absolute Gasteiger partial charge is 0.0546 e. The van der Waals surface area contributed by atoms with E-state index in [-0.39, 0.29) is 0 Å². The van der Waals surface area contributed by atoms with E-state index in [1.54, 1.807) is 0 Å². The lowest BCUT2D eigenvalue weighted by molar-refractivity contribution is 1.26. The van der Waals surface area contributed by atoms with E-state index < -0.39 is 0 Å². The highest BCUT2D eigenvalue weighted by molar-refractivity contribution is 7.25. The van der Waals surface area contributed by atoms with Gasteiger partial charge in [0.05, 0.1) is 17.1 Å². The third-order valence-electron chi connectivity index (χ3n) is 13.1. The third-order valence-corrected chi connectivity index (χ3v) is 14.2. The molecule has 0 unspecified atom stereocenters. The topological polar surface area (TPSA) is 9.72 Å². The molecule has 310 valence electrons. The zero-order valence-electron chi connectivity index (χ0n) is 35.9. The lowest BCUT2D eigenvalue weighted by atomic mass is 9.89. The zero-order chi connectivity index (χ0) is 43.6. The summed E-state index contributed by atoms with van der Waals surface area (Å²) in [7, 11) is 0. The van der Waals surface area contributed by atoms with E-state index >= 15 is 0 Å². The molecule has 66 heavy (non-hydrogen) atoms. The lowest BCUT2D eigenvalue weighted by Gasteiger charge is -2.34. The van der Waals surface area contributed by atoms with Crippen LogP contribution >= 0.6 is 11.3 Å². The fraction of sp³-hybridized carbons (Fsp3) is 0. The molecule has 0 atom stereocenters. The quantitative estimate of drug-likeness (QED) is 0.151. The van der Waals surface area contributed by atoms with Gasteiger partial charge in [0.2, 0.25) is 0 Å². The minimum absolute atomic E-state index is 1.06. The molecule has 0 saturated carbocycles. The molecule has 13 rings (SSSR count). The van der Waals surface area contributed by atoms with Crippen LogP contribution in [0.25, 0.3) is 64.0 Å². The Labute approximate surface area is 387 Å². The van der Waals surface area contributed by atoms with Crippen molar-refractivity contribution in [2.24, 2.45) is 0 Å². The monoisotopic (exact) mass is 859 g/mol. The second kappa shape index (κ2) is 15.7. The molecule has 0 aliphatic carbocycles. The van der Waals surface area contributed by atoms with Crippen LogP contribution in [0.1, 0.15) is 0 Å². The van der Waals surface area contributed by atoms with Gasteiger partial charge in [-0.1, -0.05) is 152 Å². The Morgan fingerprint density at radius 2 is 0.939 bits per heavy atom. The Bertz CT molecular complexity index is 3780. The molecule has 0 bridgehead atoms. The highest BCUT2D eigenvalue weighted by Crippen LogP contribution is 2.53. The van der Waals surface area contributed by atoms with Gasteiger partial charge in [-0.3, -0.25) is 0 Å². The Hall–Kier alpha value is -8.44. The number of hydrogen-bond acceptors (Lipinski definition) is 4. The molecule has 12 aromatic rings.